The molecule has 2 N–H and O–H groups in total. The molecule has 1 amide bonds. The highest BCUT2D eigenvalue weighted by atomic mass is 16.5. The van der Waals surface area contributed by atoms with Crippen molar-refractivity contribution in [2.75, 3.05) is 20.2 Å². The summed E-state index contributed by atoms with van der Waals surface area (Å²) in [6, 6.07) is 8.20. The summed E-state index contributed by atoms with van der Waals surface area (Å²) < 4.78 is 5.33. The van der Waals surface area contributed by atoms with Gasteiger partial charge in [-0.1, -0.05) is 12.1 Å². The molecule has 2 fully saturated rings. The third-order valence-corrected chi connectivity index (χ3v) is 5.46. The number of rotatable bonds is 6. The zero-order valence-electron chi connectivity index (χ0n) is 15.9. The summed E-state index contributed by atoms with van der Waals surface area (Å²) in [5, 5.41) is 10.6. The Morgan fingerprint density at radius 3 is 2.93 bits per heavy atom. The van der Waals surface area contributed by atoms with Gasteiger partial charge in [-0.25, -0.2) is 4.98 Å². The molecule has 2 atom stereocenters. The topological polar surface area (TPSA) is 83.1 Å². The van der Waals surface area contributed by atoms with E-state index >= 15 is 0 Å². The summed E-state index contributed by atoms with van der Waals surface area (Å²) >= 11 is 0. The van der Waals surface area contributed by atoms with Crippen LogP contribution in [0, 0.1) is 12.8 Å². The zero-order chi connectivity index (χ0) is 18.8. The average molecular weight is 369 g/mol. The highest BCUT2D eigenvalue weighted by molar-refractivity contribution is 5.81. The third-order valence-electron chi connectivity index (χ3n) is 5.46. The van der Waals surface area contributed by atoms with Crippen molar-refractivity contribution in [3.05, 3.63) is 41.5 Å². The minimum atomic E-state index is 0.0349. The summed E-state index contributed by atoms with van der Waals surface area (Å²) in [5.41, 5.74) is 1.22. The summed E-state index contributed by atoms with van der Waals surface area (Å²) in [4.78, 5) is 19.3. The monoisotopic (exact) mass is 369 g/mol. The molecule has 2 aromatic rings. The number of piperidine rings is 1. The molecule has 4 rings (SSSR count). The molecule has 1 aromatic heterocycles. The predicted molar refractivity (Wildman–Crippen MR) is 101 cm³/mol. The fourth-order valence-electron chi connectivity index (χ4n) is 3.82. The van der Waals surface area contributed by atoms with Crippen molar-refractivity contribution in [3.8, 4) is 5.75 Å². The van der Waals surface area contributed by atoms with Crippen molar-refractivity contribution in [1.29, 1.82) is 0 Å². The molecule has 2 aliphatic rings. The Balaban J connectivity index is 1.47. The van der Waals surface area contributed by atoms with Gasteiger partial charge in [0.25, 0.3) is 0 Å². The number of H-pyrrole nitrogens is 1. The second-order valence-corrected chi connectivity index (χ2v) is 7.65. The Bertz CT molecular complexity index is 801. The van der Waals surface area contributed by atoms with Crippen molar-refractivity contribution in [1.82, 2.24) is 25.4 Å². The number of likely N-dealkylation sites (tertiary alicyclic amines) is 1. The molecule has 1 saturated heterocycles. The molecule has 0 spiro atoms. The first-order valence-corrected chi connectivity index (χ1v) is 9.67. The number of aryl methyl sites for hydroxylation is 1. The zero-order valence-corrected chi connectivity index (χ0v) is 15.9. The highest BCUT2D eigenvalue weighted by Crippen LogP contribution is 2.32. The predicted octanol–water partition coefficient (Wildman–Crippen LogP) is 2.01. The first kappa shape index (κ1) is 18.0. The smallest absolute Gasteiger partial charge is 0.223 e. The molecule has 0 radical (unpaired) electrons. The van der Waals surface area contributed by atoms with E-state index in [9.17, 15) is 4.79 Å². The van der Waals surface area contributed by atoms with E-state index in [0.717, 1.165) is 56.3 Å². The van der Waals surface area contributed by atoms with Crippen molar-refractivity contribution in [2.45, 2.75) is 44.7 Å². The van der Waals surface area contributed by atoms with Crippen LogP contribution in [0.25, 0.3) is 0 Å². The lowest BCUT2D eigenvalue weighted by Crippen LogP contribution is -2.52. The van der Waals surface area contributed by atoms with E-state index in [0.29, 0.717) is 0 Å². The van der Waals surface area contributed by atoms with Crippen LogP contribution in [0.1, 0.15) is 42.4 Å². The molecule has 0 unspecified atom stereocenters. The van der Waals surface area contributed by atoms with Crippen LogP contribution in [0.5, 0.6) is 5.75 Å². The molecular formula is C20H27N5O2. The normalized spacial score (nSPS) is 23.2. The van der Waals surface area contributed by atoms with Crippen molar-refractivity contribution in [2.24, 2.45) is 5.92 Å². The fraction of sp³-hybridized carbons (Fsp3) is 0.550. The van der Waals surface area contributed by atoms with Gasteiger partial charge >= 0.3 is 0 Å². The SMILES string of the molecule is COc1cccc(CN2CC[C@H](c3n[nH]c(C)n3)[C@H](NC(=O)C3CC3)C2)c1. The quantitative estimate of drug-likeness (QED) is 0.814. The molecule has 7 nitrogen and oxygen atoms in total. The van der Waals surface area contributed by atoms with E-state index < -0.39 is 0 Å². The van der Waals surface area contributed by atoms with E-state index in [1.165, 1.54) is 5.56 Å². The maximum absolute atomic E-state index is 12.4. The van der Waals surface area contributed by atoms with Gasteiger partial charge in [0.2, 0.25) is 5.91 Å². The summed E-state index contributed by atoms with van der Waals surface area (Å²) in [5.74, 6) is 3.04. The molecule has 0 bridgehead atoms. The number of hydrogen-bond acceptors (Lipinski definition) is 5. The Kier molecular flexibility index (Phi) is 5.11. The van der Waals surface area contributed by atoms with Crippen LogP contribution in [0.2, 0.25) is 0 Å². The van der Waals surface area contributed by atoms with Gasteiger partial charge in [-0.3, -0.25) is 14.8 Å². The lowest BCUT2D eigenvalue weighted by Gasteiger charge is -2.38. The van der Waals surface area contributed by atoms with Gasteiger partial charge in [-0.15, -0.1) is 0 Å². The highest BCUT2D eigenvalue weighted by Gasteiger charge is 2.37. The molecule has 27 heavy (non-hydrogen) atoms. The van der Waals surface area contributed by atoms with Crippen molar-refractivity contribution >= 4 is 5.91 Å². The van der Waals surface area contributed by atoms with Gasteiger partial charge in [0, 0.05) is 24.9 Å². The molecular weight excluding hydrogens is 342 g/mol. The summed E-state index contributed by atoms with van der Waals surface area (Å²) in [6.07, 6.45) is 2.95. The molecule has 7 heteroatoms. The number of aromatic amines is 1. The van der Waals surface area contributed by atoms with Gasteiger partial charge in [0.1, 0.15) is 11.6 Å². The lowest BCUT2D eigenvalue weighted by molar-refractivity contribution is -0.123. The Labute approximate surface area is 159 Å². The minimum absolute atomic E-state index is 0.0349. The molecule has 2 heterocycles. The van der Waals surface area contributed by atoms with Crippen LogP contribution < -0.4 is 10.1 Å². The second-order valence-electron chi connectivity index (χ2n) is 7.65. The van der Waals surface area contributed by atoms with E-state index in [-0.39, 0.29) is 23.8 Å². The number of nitrogens with one attached hydrogen (secondary N) is 2. The maximum atomic E-state index is 12.4. The van der Waals surface area contributed by atoms with Crippen LogP contribution in [0.15, 0.2) is 24.3 Å². The molecule has 1 aliphatic heterocycles. The number of methoxy groups -OCH3 is 1. The first-order chi connectivity index (χ1) is 13.1. The van der Waals surface area contributed by atoms with Crippen LogP contribution in [0.4, 0.5) is 0 Å². The van der Waals surface area contributed by atoms with Gasteiger partial charge in [-0.2, -0.15) is 5.10 Å². The molecule has 144 valence electrons. The Morgan fingerprint density at radius 1 is 1.37 bits per heavy atom. The summed E-state index contributed by atoms with van der Waals surface area (Å²) in [6.45, 7) is 4.50. The number of nitrogens with zero attached hydrogens (tertiary/aromatic N) is 3. The van der Waals surface area contributed by atoms with Crippen molar-refractivity contribution < 1.29 is 9.53 Å². The van der Waals surface area contributed by atoms with Gasteiger partial charge in [-0.05, 0) is 50.4 Å². The number of amides is 1. The first-order valence-electron chi connectivity index (χ1n) is 9.67. The number of carbonyl (C=O) groups is 1. The number of hydrogen-bond donors (Lipinski definition) is 2. The van der Waals surface area contributed by atoms with Gasteiger partial charge < -0.3 is 10.1 Å². The minimum Gasteiger partial charge on any atom is -0.497 e. The second kappa shape index (κ2) is 7.68. The maximum Gasteiger partial charge on any atom is 0.223 e. The number of ether oxygens (including phenoxy) is 1. The lowest BCUT2D eigenvalue weighted by atomic mass is 9.90. The van der Waals surface area contributed by atoms with Gasteiger partial charge in [0.05, 0.1) is 13.2 Å². The van der Waals surface area contributed by atoms with Crippen LogP contribution in [0.3, 0.4) is 0 Å². The van der Waals surface area contributed by atoms with Crippen molar-refractivity contribution in [3.63, 3.8) is 0 Å². The largest absolute Gasteiger partial charge is 0.497 e. The van der Waals surface area contributed by atoms with E-state index in [2.05, 4.69) is 37.5 Å². The number of benzene rings is 1. The standard InChI is InChI=1S/C20H27N5O2/c1-13-21-19(24-23-13)17-8-9-25(11-14-4-3-5-16(10-14)27-2)12-18(17)22-20(26)15-6-7-15/h3-5,10,15,17-18H,6-9,11-12H2,1-2H3,(H,22,26)(H,21,23,24)/t17-,18+/m0/s1. The third kappa shape index (κ3) is 4.30. The Morgan fingerprint density at radius 2 is 2.22 bits per heavy atom. The van der Waals surface area contributed by atoms with Gasteiger partial charge in [0.15, 0.2) is 5.82 Å². The average Bonchev–Trinajstić information content (AvgIpc) is 3.44. The van der Waals surface area contributed by atoms with Crippen LogP contribution in [-0.4, -0.2) is 52.2 Å². The molecule has 1 aromatic carbocycles. The van der Waals surface area contributed by atoms with E-state index in [4.69, 9.17) is 4.74 Å². The van der Waals surface area contributed by atoms with Crippen LogP contribution in [-0.2, 0) is 11.3 Å². The summed E-state index contributed by atoms with van der Waals surface area (Å²) in [7, 11) is 1.69. The van der Waals surface area contributed by atoms with E-state index in [1.807, 2.05) is 19.1 Å². The fourth-order valence-corrected chi connectivity index (χ4v) is 3.82. The Hall–Kier alpha value is -2.41. The number of carbonyl (C=O) groups excluding carboxylic acids is 1. The number of aromatic nitrogens is 3. The molecule has 1 aliphatic carbocycles. The molecule has 1 saturated carbocycles. The van der Waals surface area contributed by atoms with Crippen LogP contribution >= 0.6 is 0 Å². The van der Waals surface area contributed by atoms with E-state index in [1.54, 1.807) is 7.11 Å².